The number of carbonyl (C=O) groups is 1. The minimum absolute atomic E-state index is 0.0791. The van der Waals surface area contributed by atoms with E-state index >= 15 is 0 Å². The summed E-state index contributed by atoms with van der Waals surface area (Å²) in [5, 5.41) is 3.03. The molecule has 0 radical (unpaired) electrons. The lowest BCUT2D eigenvalue weighted by molar-refractivity contribution is -0.117. The average molecular weight is 331 g/mol. The topological polar surface area (TPSA) is 44.8 Å². The summed E-state index contributed by atoms with van der Waals surface area (Å²) in [5.41, 5.74) is 2.06. The second kappa shape index (κ2) is 7.99. The minimum Gasteiger partial charge on any atom is -0.378 e. The summed E-state index contributed by atoms with van der Waals surface area (Å²) >= 11 is 0. The number of nitrogens with one attached hydrogen (secondary N) is 1. The van der Waals surface area contributed by atoms with Gasteiger partial charge >= 0.3 is 0 Å². The number of amides is 1. The number of likely N-dealkylation sites (tertiary alicyclic amines) is 1. The van der Waals surface area contributed by atoms with Gasteiger partial charge in [-0.15, -0.1) is 0 Å². The lowest BCUT2D eigenvalue weighted by Crippen LogP contribution is -2.42. The van der Waals surface area contributed by atoms with Crippen LogP contribution in [0.3, 0.4) is 0 Å². The molecule has 2 saturated heterocycles. The van der Waals surface area contributed by atoms with Gasteiger partial charge in [-0.3, -0.25) is 9.69 Å². The minimum atomic E-state index is 0.0791. The van der Waals surface area contributed by atoms with E-state index in [0.717, 1.165) is 45.1 Å². The van der Waals surface area contributed by atoms with Gasteiger partial charge in [0.2, 0.25) is 5.91 Å². The Balaban J connectivity index is 1.50. The predicted octanol–water partition coefficient (Wildman–Crippen LogP) is 2.44. The van der Waals surface area contributed by atoms with Crippen molar-refractivity contribution in [3.63, 3.8) is 0 Å². The van der Waals surface area contributed by atoms with E-state index in [9.17, 15) is 4.79 Å². The third kappa shape index (κ3) is 4.71. The van der Waals surface area contributed by atoms with E-state index in [1.165, 1.54) is 12.1 Å². The highest BCUT2D eigenvalue weighted by Gasteiger charge is 2.23. The van der Waals surface area contributed by atoms with Gasteiger partial charge in [0.05, 0.1) is 19.8 Å². The highest BCUT2D eigenvalue weighted by Crippen LogP contribution is 2.21. The molecular weight excluding hydrogens is 302 g/mol. The van der Waals surface area contributed by atoms with Crippen LogP contribution >= 0.6 is 0 Å². The molecule has 1 aromatic carbocycles. The number of rotatable bonds is 4. The largest absolute Gasteiger partial charge is 0.378 e. The fraction of sp³-hybridized carbons (Fsp3) is 0.632. The number of carbonyl (C=O) groups excluding carboxylic acids is 1. The Kier molecular flexibility index (Phi) is 5.74. The number of ether oxygens (including phenoxy) is 1. The Hall–Kier alpha value is -1.59. The Bertz CT molecular complexity index is 530. The normalized spacial score (nSPS) is 25.5. The third-order valence-electron chi connectivity index (χ3n) is 4.84. The quantitative estimate of drug-likeness (QED) is 0.920. The fourth-order valence-corrected chi connectivity index (χ4v) is 3.90. The second-order valence-electron chi connectivity index (χ2n) is 7.33. The molecule has 2 atom stereocenters. The zero-order valence-electron chi connectivity index (χ0n) is 14.8. The van der Waals surface area contributed by atoms with Crippen LogP contribution in [0.5, 0.6) is 0 Å². The Labute approximate surface area is 145 Å². The molecule has 0 aliphatic carbocycles. The molecule has 1 N–H and O–H groups in total. The van der Waals surface area contributed by atoms with Crippen LogP contribution in [0.25, 0.3) is 0 Å². The Morgan fingerprint density at radius 3 is 2.38 bits per heavy atom. The first kappa shape index (κ1) is 17.2. The molecule has 1 amide bonds. The summed E-state index contributed by atoms with van der Waals surface area (Å²) in [6.45, 7) is 10.5. The molecule has 3 rings (SSSR count). The summed E-state index contributed by atoms with van der Waals surface area (Å²) in [6, 6.07) is 8.13. The number of morpholine rings is 1. The van der Waals surface area contributed by atoms with Crippen LogP contribution in [0, 0.1) is 11.8 Å². The summed E-state index contributed by atoms with van der Waals surface area (Å²) < 4.78 is 5.38. The lowest BCUT2D eigenvalue weighted by Gasteiger charge is -2.34. The number of hydrogen-bond acceptors (Lipinski definition) is 4. The van der Waals surface area contributed by atoms with Crippen LogP contribution in [0.4, 0.5) is 11.4 Å². The van der Waals surface area contributed by atoms with Gasteiger partial charge in [0.15, 0.2) is 0 Å². The van der Waals surface area contributed by atoms with Gasteiger partial charge in [-0.25, -0.2) is 0 Å². The molecular formula is C19H29N3O2. The zero-order valence-corrected chi connectivity index (χ0v) is 14.8. The van der Waals surface area contributed by atoms with Crippen molar-refractivity contribution in [2.75, 3.05) is 56.2 Å². The molecule has 2 fully saturated rings. The van der Waals surface area contributed by atoms with Crippen LogP contribution in [0.2, 0.25) is 0 Å². The monoisotopic (exact) mass is 331 g/mol. The number of benzene rings is 1. The summed E-state index contributed by atoms with van der Waals surface area (Å²) in [7, 11) is 0. The van der Waals surface area contributed by atoms with E-state index in [4.69, 9.17) is 4.74 Å². The molecule has 5 heteroatoms. The van der Waals surface area contributed by atoms with E-state index in [2.05, 4.69) is 41.1 Å². The van der Waals surface area contributed by atoms with Crippen LogP contribution in [0.1, 0.15) is 20.3 Å². The van der Waals surface area contributed by atoms with E-state index < -0.39 is 0 Å². The van der Waals surface area contributed by atoms with Gasteiger partial charge in [0.1, 0.15) is 0 Å². The van der Waals surface area contributed by atoms with Crippen molar-refractivity contribution >= 4 is 17.3 Å². The Morgan fingerprint density at radius 2 is 1.75 bits per heavy atom. The first-order valence-electron chi connectivity index (χ1n) is 9.05. The molecule has 0 bridgehead atoms. The van der Waals surface area contributed by atoms with Gasteiger partial charge in [-0.05, 0) is 42.5 Å². The molecule has 0 aromatic heterocycles. The van der Waals surface area contributed by atoms with Crippen molar-refractivity contribution < 1.29 is 9.53 Å². The second-order valence-corrected chi connectivity index (χ2v) is 7.33. The molecule has 0 unspecified atom stereocenters. The summed E-state index contributed by atoms with van der Waals surface area (Å²) in [6.07, 6.45) is 1.27. The van der Waals surface area contributed by atoms with Crippen molar-refractivity contribution in [1.29, 1.82) is 0 Å². The molecule has 1 aromatic rings. The smallest absolute Gasteiger partial charge is 0.238 e. The SMILES string of the molecule is C[C@H]1C[C@H](C)CN(CC(=O)Nc2ccc(N3CCOCC3)cc2)C1. The van der Waals surface area contributed by atoms with Crippen LogP contribution in [-0.4, -0.2) is 56.7 Å². The first-order valence-corrected chi connectivity index (χ1v) is 9.05. The lowest BCUT2D eigenvalue weighted by atomic mass is 9.92. The molecule has 2 aliphatic rings. The van der Waals surface area contributed by atoms with Gasteiger partial charge in [-0.2, -0.15) is 0 Å². The maximum atomic E-state index is 12.3. The van der Waals surface area contributed by atoms with Gasteiger partial charge in [0.25, 0.3) is 0 Å². The number of hydrogen-bond donors (Lipinski definition) is 1. The van der Waals surface area contributed by atoms with Gasteiger partial charge < -0.3 is 15.0 Å². The molecule has 24 heavy (non-hydrogen) atoms. The van der Waals surface area contributed by atoms with Crippen molar-refractivity contribution in [2.24, 2.45) is 11.8 Å². The molecule has 5 nitrogen and oxygen atoms in total. The molecule has 2 aliphatic heterocycles. The van der Waals surface area contributed by atoms with Crippen molar-refractivity contribution in [3.05, 3.63) is 24.3 Å². The van der Waals surface area contributed by atoms with Crippen molar-refractivity contribution in [1.82, 2.24) is 4.90 Å². The highest BCUT2D eigenvalue weighted by molar-refractivity contribution is 5.92. The predicted molar refractivity (Wildman–Crippen MR) is 97.5 cm³/mol. The number of piperidine rings is 1. The third-order valence-corrected chi connectivity index (χ3v) is 4.84. The summed E-state index contributed by atoms with van der Waals surface area (Å²) in [5.74, 6) is 1.43. The maximum absolute atomic E-state index is 12.3. The van der Waals surface area contributed by atoms with Crippen molar-refractivity contribution in [2.45, 2.75) is 20.3 Å². The van der Waals surface area contributed by atoms with Gasteiger partial charge in [0, 0.05) is 37.6 Å². The maximum Gasteiger partial charge on any atom is 0.238 e. The number of nitrogens with zero attached hydrogens (tertiary/aromatic N) is 2. The van der Waals surface area contributed by atoms with E-state index in [1.807, 2.05) is 12.1 Å². The average Bonchev–Trinajstić information content (AvgIpc) is 2.55. The van der Waals surface area contributed by atoms with E-state index in [-0.39, 0.29) is 5.91 Å². The molecule has 132 valence electrons. The summed E-state index contributed by atoms with van der Waals surface area (Å²) in [4.78, 5) is 16.9. The van der Waals surface area contributed by atoms with Crippen LogP contribution in [0.15, 0.2) is 24.3 Å². The fourth-order valence-electron chi connectivity index (χ4n) is 3.90. The Morgan fingerprint density at radius 1 is 1.12 bits per heavy atom. The van der Waals surface area contributed by atoms with Crippen molar-refractivity contribution in [3.8, 4) is 0 Å². The first-order chi connectivity index (χ1) is 11.6. The van der Waals surface area contributed by atoms with Gasteiger partial charge in [-0.1, -0.05) is 13.8 Å². The van der Waals surface area contributed by atoms with Crippen LogP contribution < -0.4 is 10.2 Å². The standard InChI is InChI=1S/C19H29N3O2/c1-15-11-16(2)13-21(12-15)14-19(23)20-17-3-5-18(6-4-17)22-7-9-24-10-8-22/h3-6,15-16H,7-14H2,1-2H3,(H,20,23)/t15-,16-/m0/s1. The number of anilines is 2. The zero-order chi connectivity index (χ0) is 16.9. The molecule has 0 spiro atoms. The van der Waals surface area contributed by atoms with Crippen LogP contribution in [-0.2, 0) is 9.53 Å². The van der Waals surface area contributed by atoms with E-state index in [0.29, 0.717) is 18.4 Å². The highest BCUT2D eigenvalue weighted by atomic mass is 16.5. The molecule has 0 saturated carbocycles. The van der Waals surface area contributed by atoms with E-state index in [1.54, 1.807) is 0 Å². The molecule has 2 heterocycles.